The molecule has 0 aliphatic carbocycles. The predicted molar refractivity (Wildman–Crippen MR) is 45.1 cm³/mol. The lowest BCUT2D eigenvalue weighted by molar-refractivity contribution is -0.0563. The summed E-state index contributed by atoms with van der Waals surface area (Å²) in [7, 11) is 1.20. The van der Waals surface area contributed by atoms with Gasteiger partial charge in [0.1, 0.15) is 0 Å². The van der Waals surface area contributed by atoms with Gasteiger partial charge in [0.25, 0.3) is 15.2 Å². The number of nitrogens with zero attached hydrogens (tertiary/aromatic N) is 1. The fourth-order valence-corrected chi connectivity index (χ4v) is 2.88. The van der Waals surface area contributed by atoms with E-state index in [0.717, 1.165) is 4.31 Å². The van der Waals surface area contributed by atoms with E-state index in [1.807, 2.05) is 0 Å². The van der Waals surface area contributed by atoms with Crippen LogP contribution in [0.2, 0.25) is 0 Å². The highest BCUT2D eigenvalue weighted by Gasteiger charge is 2.41. The SMILES string of the molecule is CC1CC(F)(F)CCN1S(=O)(=O)Cl. The van der Waals surface area contributed by atoms with Gasteiger partial charge in [-0.05, 0) is 6.92 Å². The van der Waals surface area contributed by atoms with Crippen LogP contribution in [-0.4, -0.2) is 31.2 Å². The Hall–Kier alpha value is 0.0600. The van der Waals surface area contributed by atoms with Crippen LogP contribution >= 0.6 is 10.7 Å². The quantitative estimate of drug-likeness (QED) is 0.645. The number of halogens is 3. The highest BCUT2D eigenvalue weighted by molar-refractivity contribution is 8.11. The van der Waals surface area contributed by atoms with E-state index in [0.29, 0.717) is 0 Å². The van der Waals surface area contributed by atoms with Gasteiger partial charge < -0.3 is 0 Å². The van der Waals surface area contributed by atoms with Crippen molar-refractivity contribution in [2.75, 3.05) is 6.54 Å². The van der Waals surface area contributed by atoms with E-state index in [9.17, 15) is 17.2 Å². The lowest BCUT2D eigenvalue weighted by Crippen LogP contribution is -2.46. The zero-order valence-corrected chi connectivity index (χ0v) is 8.58. The van der Waals surface area contributed by atoms with Crippen molar-refractivity contribution in [2.45, 2.75) is 31.7 Å². The van der Waals surface area contributed by atoms with Crippen LogP contribution in [-0.2, 0) is 9.24 Å². The molecule has 0 amide bonds. The minimum Gasteiger partial charge on any atom is -0.207 e. The second-order valence-electron chi connectivity index (χ2n) is 3.21. The molecule has 0 spiro atoms. The highest BCUT2D eigenvalue weighted by atomic mass is 35.7. The maximum atomic E-state index is 12.8. The van der Waals surface area contributed by atoms with Gasteiger partial charge in [-0.2, -0.15) is 12.7 Å². The largest absolute Gasteiger partial charge is 0.300 e. The minimum atomic E-state index is -3.85. The molecule has 0 bridgehead atoms. The Morgan fingerprint density at radius 3 is 2.46 bits per heavy atom. The van der Waals surface area contributed by atoms with E-state index in [2.05, 4.69) is 0 Å². The molecule has 0 aromatic heterocycles. The van der Waals surface area contributed by atoms with Crippen molar-refractivity contribution in [2.24, 2.45) is 0 Å². The van der Waals surface area contributed by atoms with E-state index in [4.69, 9.17) is 10.7 Å². The molecule has 1 aliphatic rings. The fourth-order valence-electron chi connectivity index (χ4n) is 1.45. The summed E-state index contributed by atoms with van der Waals surface area (Å²) in [6, 6.07) is -0.730. The lowest BCUT2D eigenvalue weighted by atomic mass is 10.0. The molecular formula is C6H10ClF2NO2S. The van der Waals surface area contributed by atoms with Crippen molar-refractivity contribution >= 4 is 19.9 Å². The van der Waals surface area contributed by atoms with Gasteiger partial charge in [0.15, 0.2) is 0 Å². The van der Waals surface area contributed by atoms with Crippen molar-refractivity contribution in [3.8, 4) is 0 Å². The molecule has 1 unspecified atom stereocenters. The first-order chi connectivity index (χ1) is 5.72. The van der Waals surface area contributed by atoms with E-state index in [-0.39, 0.29) is 6.54 Å². The van der Waals surface area contributed by atoms with Crippen molar-refractivity contribution in [1.82, 2.24) is 4.31 Å². The molecule has 1 rings (SSSR count). The maximum absolute atomic E-state index is 12.8. The molecule has 78 valence electrons. The van der Waals surface area contributed by atoms with Gasteiger partial charge in [-0.3, -0.25) is 0 Å². The lowest BCUT2D eigenvalue weighted by Gasteiger charge is -2.34. The number of rotatable bonds is 1. The molecule has 0 radical (unpaired) electrons. The smallest absolute Gasteiger partial charge is 0.207 e. The highest BCUT2D eigenvalue weighted by Crippen LogP contribution is 2.33. The topological polar surface area (TPSA) is 37.4 Å². The summed E-state index contributed by atoms with van der Waals surface area (Å²) in [5.74, 6) is -2.77. The zero-order valence-electron chi connectivity index (χ0n) is 7.00. The van der Waals surface area contributed by atoms with Gasteiger partial charge in [-0.25, -0.2) is 8.78 Å². The molecule has 7 heteroatoms. The predicted octanol–water partition coefficient (Wildman–Crippen LogP) is 1.59. The molecule has 1 heterocycles. The van der Waals surface area contributed by atoms with Crippen LogP contribution in [0.5, 0.6) is 0 Å². The van der Waals surface area contributed by atoms with Crippen LogP contribution in [0.4, 0.5) is 8.78 Å². The van der Waals surface area contributed by atoms with Gasteiger partial charge in [0, 0.05) is 36.1 Å². The average molecular weight is 234 g/mol. The molecule has 1 fully saturated rings. The molecule has 0 saturated carbocycles. The van der Waals surface area contributed by atoms with Crippen LogP contribution in [0.15, 0.2) is 0 Å². The number of alkyl halides is 2. The molecule has 0 aromatic carbocycles. The van der Waals surface area contributed by atoms with Gasteiger partial charge in [-0.1, -0.05) is 0 Å². The number of hydrogen-bond donors (Lipinski definition) is 0. The van der Waals surface area contributed by atoms with E-state index in [1.165, 1.54) is 6.92 Å². The molecule has 1 aliphatic heterocycles. The third-order valence-corrected chi connectivity index (χ3v) is 3.70. The van der Waals surface area contributed by atoms with Crippen molar-refractivity contribution < 1.29 is 17.2 Å². The summed E-state index contributed by atoms with van der Waals surface area (Å²) < 4.78 is 48.1. The van der Waals surface area contributed by atoms with Crippen LogP contribution < -0.4 is 0 Å². The summed E-state index contributed by atoms with van der Waals surface area (Å²) in [4.78, 5) is 0. The Morgan fingerprint density at radius 2 is 2.08 bits per heavy atom. The van der Waals surface area contributed by atoms with Crippen LogP contribution in [0.3, 0.4) is 0 Å². The monoisotopic (exact) mass is 233 g/mol. The van der Waals surface area contributed by atoms with Gasteiger partial charge in [-0.15, -0.1) is 0 Å². The van der Waals surface area contributed by atoms with Crippen molar-refractivity contribution in [1.29, 1.82) is 0 Å². The van der Waals surface area contributed by atoms with E-state index in [1.54, 1.807) is 0 Å². The molecule has 1 saturated heterocycles. The average Bonchev–Trinajstić information content (AvgIpc) is 1.80. The van der Waals surface area contributed by atoms with Crippen LogP contribution in [0.1, 0.15) is 19.8 Å². The molecule has 1 atom stereocenters. The van der Waals surface area contributed by atoms with Crippen molar-refractivity contribution in [3.63, 3.8) is 0 Å². The second kappa shape index (κ2) is 3.33. The molecule has 3 nitrogen and oxygen atoms in total. The first kappa shape index (κ1) is 11.1. The third-order valence-electron chi connectivity index (χ3n) is 2.06. The maximum Gasteiger partial charge on any atom is 0.300 e. The van der Waals surface area contributed by atoms with Gasteiger partial charge in [0.2, 0.25) is 0 Å². The summed E-state index contributed by atoms with van der Waals surface area (Å²) in [6.07, 6.45) is -0.914. The second-order valence-corrected chi connectivity index (χ2v) is 5.68. The Kier molecular flexibility index (Phi) is 2.85. The Labute approximate surface area is 80.2 Å². The summed E-state index contributed by atoms with van der Waals surface area (Å²) in [5.41, 5.74) is 0. The summed E-state index contributed by atoms with van der Waals surface area (Å²) in [5, 5.41) is 0. The summed E-state index contributed by atoms with van der Waals surface area (Å²) >= 11 is 0. The van der Waals surface area contributed by atoms with Crippen LogP contribution in [0.25, 0.3) is 0 Å². The van der Waals surface area contributed by atoms with Crippen LogP contribution in [0, 0.1) is 0 Å². The Morgan fingerprint density at radius 1 is 1.54 bits per heavy atom. The minimum absolute atomic E-state index is 0.208. The number of piperidine rings is 1. The Balaban J connectivity index is 2.76. The van der Waals surface area contributed by atoms with Gasteiger partial charge >= 0.3 is 0 Å². The fraction of sp³-hybridized carbons (Fsp3) is 1.00. The molecule has 13 heavy (non-hydrogen) atoms. The van der Waals surface area contributed by atoms with E-state index < -0.39 is 34.0 Å². The summed E-state index contributed by atoms with van der Waals surface area (Å²) in [6.45, 7) is 1.22. The third kappa shape index (κ3) is 2.75. The number of hydrogen-bond acceptors (Lipinski definition) is 2. The standard InChI is InChI=1S/C6H10ClF2NO2S/c1-5-4-6(8,9)2-3-10(5)13(7,11)12/h5H,2-4H2,1H3. The molecular weight excluding hydrogens is 224 g/mol. The normalized spacial score (nSPS) is 30.3. The molecule has 0 aromatic rings. The van der Waals surface area contributed by atoms with E-state index >= 15 is 0 Å². The Bertz CT molecular complexity index is 293. The first-order valence-electron chi connectivity index (χ1n) is 3.82. The zero-order chi connectivity index (χ0) is 10.3. The first-order valence-corrected chi connectivity index (χ1v) is 6.08. The van der Waals surface area contributed by atoms with Crippen molar-refractivity contribution in [3.05, 3.63) is 0 Å². The van der Waals surface area contributed by atoms with Gasteiger partial charge in [0.05, 0.1) is 0 Å². The molecule has 0 N–H and O–H groups in total.